The van der Waals surface area contributed by atoms with Gasteiger partial charge in [0.15, 0.2) is 6.79 Å². The molecule has 0 spiro atoms. The molecule has 0 saturated heterocycles. The molecular weight excluding hydrogens is 213 g/mol. The minimum Gasteiger partial charge on any atom is -0.467 e. The Morgan fingerprint density at radius 3 is 2.81 bits per heavy atom. The Kier molecular flexibility index (Phi) is 5.01. The summed E-state index contributed by atoms with van der Waals surface area (Å²) in [5.74, 6) is 0.184. The van der Waals surface area contributed by atoms with Gasteiger partial charge in [-0.15, -0.1) is 0 Å². The van der Waals surface area contributed by atoms with Crippen LogP contribution in [0.2, 0.25) is 0 Å². The summed E-state index contributed by atoms with van der Waals surface area (Å²) in [7, 11) is 3.22. The number of hydrogen-bond acceptors (Lipinski definition) is 4. The molecule has 0 atom stereocenters. The van der Waals surface area contributed by atoms with E-state index in [1.807, 2.05) is 0 Å². The number of nitrogens with zero attached hydrogens (tertiary/aromatic N) is 1. The van der Waals surface area contributed by atoms with Crippen molar-refractivity contribution in [2.24, 2.45) is 0 Å². The minimum absolute atomic E-state index is 0.0287. The second-order valence-corrected chi connectivity index (χ2v) is 3.31. The van der Waals surface area contributed by atoms with Gasteiger partial charge in [0, 0.05) is 26.8 Å². The molecule has 1 N–H and O–H groups in total. The number of benzene rings is 1. The standard InChI is InChI=1S/C11H16FNO3/c1-13(5-6-14)11-7-9(16-8-15-2)3-4-10(11)12/h3-4,7,14H,5-6,8H2,1-2H3. The quantitative estimate of drug-likeness (QED) is 0.745. The number of aliphatic hydroxyl groups excluding tert-OH is 1. The van der Waals surface area contributed by atoms with Crippen LogP contribution in [0.4, 0.5) is 10.1 Å². The van der Waals surface area contributed by atoms with Crippen LogP contribution in [0, 0.1) is 5.82 Å². The van der Waals surface area contributed by atoms with E-state index in [0.717, 1.165) is 0 Å². The molecule has 0 unspecified atom stereocenters. The molecule has 1 aromatic carbocycles. The van der Waals surface area contributed by atoms with Gasteiger partial charge >= 0.3 is 0 Å². The molecule has 0 bridgehead atoms. The zero-order valence-corrected chi connectivity index (χ0v) is 9.44. The average Bonchev–Trinajstić information content (AvgIpc) is 2.28. The van der Waals surface area contributed by atoms with Crippen molar-refractivity contribution in [2.45, 2.75) is 0 Å². The molecular formula is C11H16FNO3. The summed E-state index contributed by atoms with van der Waals surface area (Å²) in [6.07, 6.45) is 0. The van der Waals surface area contributed by atoms with Gasteiger partial charge in [-0.2, -0.15) is 0 Å². The van der Waals surface area contributed by atoms with Gasteiger partial charge in [-0.1, -0.05) is 0 Å². The highest BCUT2D eigenvalue weighted by Crippen LogP contribution is 2.24. The van der Waals surface area contributed by atoms with E-state index >= 15 is 0 Å². The van der Waals surface area contributed by atoms with Gasteiger partial charge in [0.2, 0.25) is 0 Å². The molecule has 5 heteroatoms. The predicted molar refractivity (Wildman–Crippen MR) is 59.3 cm³/mol. The van der Waals surface area contributed by atoms with Crippen molar-refractivity contribution in [2.75, 3.05) is 39.0 Å². The molecule has 0 heterocycles. The van der Waals surface area contributed by atoms with Crippen molar-refractivity contribution < 1.29 is 19.0 Å². The van der Waals surface area contributed by atoms with E-state index in [0.29, 0.717) is 18.0 Å². The number of aliphatic hydroxyl groups is 1. The summed E-state index contributed by atoms with van der Waals surface area (Å²) in [5.41, 5.74) is 0.391. The maximum absolute atomic E-state index is 13.5. The predicted octanol–water partition coefficient (Wildman–Crippen LogP) is 1.24. The summed E-state index contributed by atoms with van der Waals surface area (Å²) in [6, 6.07) is 4.43. The maximum atomic E-state index is 13.5. The number of anilines is 1. The molecule has 0 saturated carbocycles. The van der Waals surface area contributed by atoms with E-state index in [-0.39, 0.29) is 19.2 Å². The number of hydrogen-bond donors (Lipinski definition) is 1. The minimum atomic E-state index is -0.347. The molecule has 0 amide bonds. The SMILES string of the molecule is COCOc1ccc(F)c(N(C)CCO)c1. The number of likely N-dealkylation sites (N-methyl/N-ethyl adjacent to an activating group) is 1. The summed E-state index contributed by atoms with van der Waals surface area (Å²) >= 11 is 0. The van der Waals surface area contributed by atoms with Crippen LogP contribution in [-0.2, 0) is 4.74 Å². The maximum Gasteiger partial charge on any atom is 0.188 e. The van der Waals surface area contributed by atoms with Gasteiger partial charge in [0.25, 0.3) is 0 Å². The Bertz CT molecular complexity index is 333. The molecule has 1 aromatic rings. The van der Waals surface area contributed by atoms with E-state index in [1.54, 1.807) is 18.0 Å². The molecule has 0 aromatic heterocycles. The number of halogens is 1. The Morgan fingerprint density at radius 2 is 2.19 bits per heavy atom. The Balaban J connectivity index is 2.81. The third-order valence-corrected chi connectivity index (χ3v) is 2.11. The molecule has 4 nitrogen and oxygen atoms in total. The summed E-state index contributed by atoms with van der Waals surface area (Å²) in [5, 5.41) is 8.78. The van der Waals surface area contributed by atoms with Crippen molar-refractivity contribution >= 4 is 5.69 Å². The third kappa shape index (κ3) is 3.36. The molecule has 0 fully saturated rings. The van der Waals surface area contributed by atoms with E-state index < -0.39 is 0 Å². The van der Waals surface area contributed by atoms with Crippen molar-refractivity contribution in [1.29, 1.82) is 0 Å². The third-order valence-electron chi connectivity index (χ3n) is 2.11. The fraction of sp³-hybridized carbons (Fsp3) is 0.455. The van der Waals surface area contributed by atoms with Crippen LogP contribution >= 0.6 is 0 Å². The summed E-state index contributed by atoms with van der Waals surface area (Å²) in [4.78, 5) is 1.62. The van der Waals surface area contributed by atoms with Crippen molar-refractivity contribution in [3.63, 3.8) is 0 Å². The Hall–Kier alpha value is -1.33. The van der Waals surface area contributed by atoms with Crippen molar-refractivity contribution in [1.82, 2.24) is 0 Å². The van der Waals surface area contributed by atoms with E-state index in [4.69, 9.17) is 14.6 Å². The van der Waals surface area contributed by atoms with Gasteiger partial charge in [0.1, 0.15) is 11.6 Å². The van der Waals surface area contributed by atoms with E-state index in [2.05, 4.69) is 0 Å². The molecule has 1 rings (SSSR count). The monoisotopic (exact) mass is 229 g/mol. The second-order valence-electron chi connectivity index (χ2n) is 3.31. The Labute approximate surface area is 94.2 Å². The lowest BCUT2D eigenvalue weighted by Gasteiger charge is -2.19. The summed E-state index contributed by atoms with van der Waals surface area (Å²) < 4.78 is 23.4. The molecule has 0 aliphatic rings. The highest BCUT2D eigenvalue weighted by Gasteiger charge is 2.08. The fourth-order valence-electron chi connectivity index (χ4n) is 1.27. The number of rotatable bonds is 6. The topological polar surface area (TPSA) is 41.9 Å². The highest BCUT2D eigenvalue weighted by atomic mass is 19.1. The van der Waals surface area contributed by atoms with E-state index in [1.165, 1.54) is 19.2 Å². The van der Waals surface area contributed by atoms with Crippen LogP contribution in [-0.4, -0.2) is 39.2 Å². The first kappa shape index (κ1) is 12.7. The zero-order chi connectivity index (χ0) is 12.0. The first-order chi connectivity index (χ1) is 7.69. The normalized spacial score (nSPS) is 10.2. The van der Waals surface area contributed by atoms with Gasteiger partial charge < -0.3 is 19.5 Å². The van der Waals surface area contributed by atoms with Gasteiger partial charge in [-0.05, 0) is 12.1 Å². The molecule has 0 aliphatic carbocycles. The van der Waals surface area contributed by atoms with Gasteiger partial charge in [0.05, 0.1) is 12.3 Å². The van der Waals surface area contributed by atoms with Crippen LogP contribution in [0.15, 0.2) is 18.2 Å². The molecule has 90 valence electrons. The molecule has 16 heavy (non-hydrogen) atoms. The Morgan fingerprint density at radius 1 is 1.44 bits per heavy atom. The number of ether oxygens (including phenoxy) is 2. The first-order valence-electron chi connectivity index (χ1n) is 4.92. The second kappa shape index (κ2) is 6.30. The van der Waals surface area contributed by atoms with Crippen molar-refractivity contribution in [3.8, 4) is 5.75 Å². The van der Waals surface area contributed by atoms with Gasteiger partial charge in [-0.3, -0.25) is 0 Å². The lowest BCUT2D eigenvalue weighted by molar-refractivity contribution is 0.0511. The fourth-order valence-corrected chi connectivity index (χ4v) is 1.27. The van der Waals surface area contributed by atoms with E-state index in [9.17, 15) is 4.39 Å². The molecule has 0 aliphatic heterocycles. The summed E-state index contributed by atoms with van der Waals surface area (Å²) in [6.45, 7) is 0.457. The first-order valence-corrected chi connectivity index (χ1v) is 4.92. The molecule has 0 radical (unpaired) electrons. The lowest BCUT2D eigenvalue weighted by Crippen LogP contribution is -2.22. The smallest absolute Gasteiger partial charge is 0.188 e. The van der Waals surface area contributed by atoms with Crippen molar-refractivity contribution in [3.05, 3.63) is 24.0 Å². The van der Waals surface area contributed by atoms with Crippen LogP contribution in [0.25, 0.3) is 0 Å². The average molecular weight is 229 g/mol. The van der Waals surface area contributed by atoms with Crippen LogP contribution in [0.5, 0.6) is 5.75 Å². The van der Waals surface area contributed by atoms with Gasteiger partial charge in [-0.25, -0.2) is 4.39 Å². The van der Waals surface area contributed by atoms with Crippen LogP contribution < -0.4 is 9.64 Å². The lowest BCUT2D eigenvalue weighted by atomic mass is 10.2. The largest absolute Gasteiger partial charge is 0.467 e. The highest BCUT2D eigenvalue weighted by molar-refractivity contribution is 5.51. The zero-order valence-electron chi connectivity index (χ0n) is 9.44. The van der Waals surface area contributed by atoms with Crippen LogP contribution in [0.3, 0.4) is 0 Å². The van der Waals surface area contributed by atoms with Crippen LogP contribution in [0.1, 0.15) is 0 Å². The number of methoxy groups -OCH3 is 1.